The Morgan fingerprint density at radius 1 is 0.933 bits per heavy atom. The van der Waals surface area contributed by atoms with E-state index in [-0.39, 0.29) is 0 Å². The van der Waals surface area contributed by atoms with Gasteiger partial charge in [-0.05, 0) is 23.3 Å². The maximum absolute atomic E-state index is 5.73. The largest absolute Gasteiger partial charge is 0.261 e. The maximum atomic E-state index is 5.73. The Bertz CT molecular complexity index is 408. The van der Waals surface area contributed by atoms with E-state index in [4.69, 9.17) is 11.6 Å². The first-order chi connectivity index (χ1) is 7.38. The smallest absolute Gasteiger partial charge is 0.0474 e. The number of nitrogens with zero attached hydrogens (tertiary/aromatic N) is 1. The summed E-state index contributed by atoms with van der Waals surface area (Å²) in [4.78, 5) is 4.29. The molecule has 0 unspecified atom stereocenters. The summed E-state index contributed by atoms with van der Waals surface area (Å²) >= 11 is 5.73. The van der Waals surface area contributed by atoms with Crippen LogP contribution in [0.3, 0.4) is 0 Å². The minimum Gasteiger partial charge on any atom is -0.261 e. The lowest BCUT2D eigenvalue weighted by atomic mass is 10.1. The van der Waals surface area contributed by atoms with Crippen LogP contribution in [0.2, 0.25) is 0 Å². The second-order valence-electron chi connectivity index (χ2n) is 3.45. The van der Waals surface area contributed by atoms with E-state index in [1.165, 1.54) is 5.56 Å². The summed E-state index contributed by atoms with van der Waals surface area (Å²) in [6, 6.07) is 14.3. The highest BCUT2D eigenvalue weighted by Gasteiger charge is 1.96. The Hall–Kier alpha value is -1.34. The van der Waals surface area contributed by atoms with Crippen molar-refractivity contribution >= 4 is 11.6 Å². The Morgan fingerprint density at radius 3 is 2.27 bits per heavy atom. The van der Waals surface area contributed by atoms with Crippen molar-refractivity contribution in [2.24, 2.45) is 0 Å². The molecule has 0 fully saturated rings. The average molecular weight is 218 g/mol. The third-order valence-electron chi connectivity index (χ3n) is 2.29. The Balaban J connectivity index is 2.11. The monoisotopic (exact) mass is 217 g/mol. The molecule has 0 saturated carbocycles. The van der Waals surface area contributed by atoms with Gasteiger partial charge in [-0.3, -0.25) is 4.98 Å². The molecule has 0 spiro atoms. The van der Waals surface area contributed by atoms with E-state index in [2.05, 4.69) is 29.2 Å². The van der Waals surface area contributed by atoms with Gasteiger partial charge in [-0.2, -0.15) is 0 Å². The molecular weight excluding hydrogens is 206 g/mol. The highest BCUT2D eigenvalue weighted by molar-refractivity contribution is 6.17. The maximum Gasteiger partial charge on any atom is 0.0474 e. The molecule has 0 aliphatic carbocycles. The van der Waals surface area contributed by atoms with Gasteiger partial charge in [0.1, 0.15) is 0 Å². The molecule has 0 aliphatic rings. The lowest BCUT2D eigenvalue weighted by Crippen LogP contribution is -1.91. The highest BCUT2D eigenvalue weighted by Crippen LogP contribution is 2.10. The lowest BCUT2D eigenvalue weighted by molar-refractivity contribution is 1.07. The number of hydrogen-bond acceptors (Lipinski definition) is 1. The van der Waals surface area contributed by atoms with Crippen LogP contribution >= 0.6 is 11.6 Å². The fraction of sp³-hybridized carbons (Fsp3) is 0.154. The Kier molecular flexibility index (Phi) is 3.36. The van der Waals surface area contributed by atoms with Crippen molar-refractivity contribution in [3.8, 4) is 0 Å². The van der Waals surface area contributed by atoms with E-state index >= 15 is 0 Å². The van der Waals surface area contributed by atoms with E-state index in [1.807, 2.05) is 24.4 Å². The summed E-state index contributed by atoms with van der Waals surface area (Å²) in [6.45, 7) is 0. The van der Waals surface area contributed by atoms with E-state index in [9.17, 15) is 0 Å². The van der Waals surface area contributed by atoms with Crippen molar-refractivity contribution in [3.63, 3.8) is 0 Å². The van der Waals surface area contributed by atoms with Gasteiger partial charge in [-0.25, -0.2) is 0 Å². The molecule has 15 heavy (non-hydrogen) atoms. The first kappa shape index (κ1) is 10.2. The zero-order valence-electron chi connectivity index (χ0n) is 8.36. The molecule has 0 atom stereocenters. The molecule has 1 aromatic heterocycles. The molecular formula is C13H12ClN. The van der Waals surface area contributed by atoms with Crippen LogP contribution in [0.5, 0.6) is 0 Å². The lowest BCUT2D eigenvalue weighted by Gasteiger charge is -2.01. The van der Waals surface area contributed by atoms with E-state index < -0.39 is 0 Å². The summed E-state index contributed by atoms with van der Waals surface area (Å²) in [7, 11) is 0. The minimum absolute atomic E-state index is 0.573. The Morgan fingerprint density at radius 2 is 1.67 bits per heavy atom. The summed E-state index contributed by atoms with van der Waals surface area (Å²) in [6.07, 6.45) is 2.70. The van der Waals surface area contributed by atoms with Crippen molar-refractivity contribution in [2.45, 2.75) is 12.3 Å². The van der Waals surface area contributed by atoms with Crippen LogP contribution in [0.4, 0.5) is 0 Å². The van der Waals surface area contributed by atoms with Crippen molar-refractivity contribution in [1.82, 2.24) is 4.98 Å². The molecule has 0 amide bonds. The normalized spacial score (nSPS) is 10.2. The zero-order chi connectivity index (χ0) is 10.5. The van der Waals surface area contributed by atoms with Crippen LogP contribution in [-0.2, 0) is 12.3 Å². The van der Waals surface area contributed by atoms with Crippen molar-refractivity contribution in [2.75, 3.05) is 0 Å². The van der Waals surface area contributed by atoms with Gasteiger partial charge in [-0.1, -0.05) is 30.3 Å². The van der Waals surface area contributed by atoms with Crippen molar-refractivity contribution in [1.29, 1.82) is 0 Å². The van der Waals surface area contributed by atoms with Gasteiger partial charge in [0.05, 0.1) is 0 Å². The van der Waals surface area contributed by atoms with Gasteiger partial charge < -0.3 is 0 Å². The summed E-state index contributed by atoms with van der Waals surface area (Å²) in [5, 5.41) is 0. The molecule has 0 radical (unpaired) electrons. The van der Waals surface area contributed by atoms with E-state index in [1.54, 1.807) is 0 Å². The van der Waals surface area contributed by atoms with Gasteiger partial charge in [0, 0.05) is 24.2 Å². The van der Waals surface area contributed by atoms with Crippen LogP contribution in [0.1, 0.15) is 16.8 Å². The summed E-state index contributed by atoms with van der Waals surface area (Å²) < 4.78 is 0. The third-order valence-corrected chi connectivity index (χ3v) is 2.60. The highest BCUT2D eigenvalue weighted by atomic mass is 35.5. The molecule has 2 rings (SSSR count). The van der Waals surface area contributed by atoms with Crippen LogP contribution in [0.15, 0.2) is 48.7 Å². The SMILES string of the molecule is ClCc1ccc(Cc2ccccn2)cc1. The van der Waals surface area contributed by atoms with E-state index in [0.29, 0.717) is 5.88 Å². The van der Waals surface area contributed by atoms with Crippen LogP contribution in [-0.4, -0.2) is 4.98 Å². The average Bonchev–Trinajstić information content (AvgIpc) is 2.31. The number of alkyl halides is 1. The molecule has 0 N–H and O–H groups in total. The van der Waals surface area contributed by atoms with Gasteiger partial charge in [-0.15, -0.1) is 11.6 Å². The second kappa shape index (κ2) is 4.94. The quantitative estimate of drug-likeness (QED) is 0.718. The molecule has 2 heteroatoms. The van der Waals surface area contributed by atoms with Gasteiger partial charge in [0.25, 0.3) is 0 Å². The molecule has 0 bridgehead atoms. The fourth-order valence-electron chi connectivity index (χ4n) is 1.46. The number of rotatable bonds is 3. The summed E-state index contributed by atoms with van der Waals surface area (Å²) in [5.41, 5.74) is 3.51. The molecule has 1 heterocycles. The van der Waals surface area contributed by atoms with Gasteiger partial charge >= 0.3 is 0 Å². The standard InChI is InChI=1S/C13H12ClN/c14-10-12-6-4-11(5-7-12)9-13-3-1-2-8-15-13/h1-8H,9-10H2. The third kappa shape index (κ3) is 2.80. The van der Waals surface area contributed by atoms with Crippen LogP contribution < -0.4 is 0 Å². The first-order valence-electron chi connectivity index (χ1n) is 4.92. The van der Waals surface area contributed by atoms with Crippen LogP contribution in [0, 0.1) is 0 Å². The molecule has 0 aliphatic heterocycles. The van der Waals surface area contributed by atoms with Crippen LogP contribution in [0.25, 0.3) is 0 Å². The van der Waals surface area contributed by atoms with Gasteiger partial charge in [0.15, 0.2) is 0 Å². The number of halogens is 1. The predicted molar refractivity (Wildman–Crippen MR) is 63.0 cm³/mol. The van der Waals surface area contributed by atoms with E-state index in [0.717, 1.165) is 17.7 Å². The zero-order valence-corrected chi connectivity index (χ0v) is 9.11. The predicted octanol–water partition coefficient (Wildman–Crippen LogP) is 3.41. The molecule has 1 aromatic carbocycles. The molecule has 2 aromatic rings. The number of pyridine rings is 1. The summed E-state index contributed by atoms with van der Waals surface area (Å²) in [5.74, 6) is 0.573. The second-order valence-corrected chi connectivity index (χ2v) is 3.72. The number of benzene rings is 1. The van der Waals surface area contributed by atoms with Crippen molar-refractivity contribution in [3.05, 3.63) is 65.5 Å². The number of hydrogen-bond donors (Lipinski definition) is 0. The molecule has 0 saturated heterocycles. The fourth-order valence-corrected chi connectivity index (χ4v) is 1.64. The first-order valence-corrected chi connectivity index (χ1v) is 5.45. The molecule has 1 nitrogen and oxygen atoms in total. The minimum atomic E-state index is 0.573. The van der Waals surface area contributed by atoms with Gasteiger partial charge in [0.2, 0.25) is 0 Å². The number of aromatic nitrogens is 1. The molecule has 76 valence electrons. The topological polar surface area (TPSA) is 12.9 Å². The van der Waals surface area contributed by atoms with Crippen molar-refractivity contribution < 1.29 is 0 Å². The Labute approximate surface area is 94.7 Å².